The van der Waals surface area contributed by atoms with E-state index in [4.69, 9.17) is 18.9 Å². The van der Waals surface area contributed by atoms with Crippen molar-refractivity contribution in [3.8, 4) is 23.0 Å². The summed E-state index contributed by atoms with van der Waals surface area (Å²) in [5.74, 6) is 0.125. The molecule has 0 bridgehead atoms. The number of rotatable bonds is 11. The number of hydrogen-bond donors (Lipinski definition) is 1. The number of methoxy groups -OCH3 is 3. The molecule has 0 aliphatic heterocycles. The molecule has 1 aromatic heterocycles. The van der Waals surface area contributed by atoms with E-state index in [-0.39, 0.29) is 23.7 Å². The number of ether oxygens (including phenoxy) is 4. The van der Waals surface area contributed by atoms with Gasteiger partial charge in [-0.05, 0) is 73.5 Å². The summed E-state index contributed by atoms with van der Waals surface area (Å²) in [5.41, 5.74) is 2.41. The zero-order valence-electron chi connectivity index (χ0n) is 22.2. The molecule has 0 radical (unpaired) electrons. The third-order valence-corrected chi connectivity index (χ3v) is 6.50. The van der Waals surface area contributed by atoms with Crippen LogP contribution in [0.4, 0.5) is 0 Å². The van der Waals surface area contributed by atoms with Crippen molar-refractivity contribution in [1.29, 1.82) is 0 Å². The van der Waals surface area contributed by atoms with Gasteiger partial charge in [0.05, 0.1) is 44.7 Å². The van der Waals surface area contributed by atoms with E-state index in [1.807, 2.05) is 13.8 Å². The molecule has 0 unspecified atom stereocenters. The van der Waals surface area contributed by atoms with Crippen LogP contribution in [0.15, 0.2) is 60.2 Å². The molecule has 1 N–H and O–H groups in total. The number of nitrogens with zero attached hydrogens (tertiary/aromatic N) is 2. The number of fused-ring (bicyclic) bond motifs is 1. The van der Waals surface area contributed by atoms with Gasteiger partial charge in [0.15, 0.2) is 17.3 Å². The fraction of sp³-hybridized carbons (Fsp3) is 0.241. The molecule has 10 heteroatoms. The standard InChI is InChI=1S/C29H28N2O7S/c1-16(2)38-28-24(36-4)13-17(14-25(28)37-5)12-21(27(32)18-6-9-20(35-3)10-7-18)26(29(33)34)19-8-11-22-23(15-19)31-39-30-22/h6-11,13-16H,12H2,1-5H3,(H,33,34)/b26-21+. The third kappa shape index (κ3) is 6.01. The second-order valence-corrected chi connectivity index (χ2v) is 9.39. The molecular formula is C29H28N2O7S. The van der Waals surface area contributed by atoms with Crippen LogP contribution in [0.1, 0.15) is 35.3 Å². The minimum Gasteiger partial charge on any atom is -0.497 e. The summed E-state index contributed by atoms with van der Waals surface area (Å²) in [7, 11) is 4.54. The van der Waals surface area contributed by atoms with E-state index >= 15 is 0 Å². The summed E-state index contributed by atoms with van der Waals surface area (Å²) in [6.07, 6.45) is -0.159. The van der Waals surface area contributed by atoms with Gasteiger partial charge in [-0.2, -0.15) is 8.75 Å². The molecule has 0 saturated carbocycles. The van der Waals surface area contributed by atoms with Crippen LogP contribution in [-0.2, 0) is 11.2 Å². The first-order valence-corrected chi connectivity index (χ1v) is 12.8. The number of carboxylic acid groups (broad SMARTS) is 1. The lowest BCUT2D eigenvalue weighted by atomic mass is 9.89. The molecule has 0 atom stereocenters. The Morgan fingerprint density at radius 3 is 2.03 bits per heavy atom. The maximum absolute atomic E-state index is 13.9. The van der Waals surface area contributed by atoms with Crippen LogP contribution in [0.25, 0.3) is 16.6 Å². The first kappa shape index (κ1) is 27.6. The van der Waals surface area contributed by atoms with Gasteiger partial charge in [0, 0.05) is 17.6 Å². The highest BCUT2D eigenvalue weighted by Crippen LogP contribution is 2.40. The van der Waals surface area contributed by atoms with Gasteiger partial charge in [0.1, 0.15) is 16.8 Å². The zero-order chi connectivity index (χ0) is 28.1. The van der Waals surface area contributed by atoms with E-state index < -0.39 is 11.8 Å². The van der Waals surface area contributed by atoms with Crippen molar-refractivity contribution in [2.24, 2.45) is 0 Å². The van der Waals surface area contributed by atoms with Crippen molar-refractivity contribution in [3.63, 3.8) is 0 Å². The van der Waals surface area contributed by atoms with Crippen molar-refractivity contribution in [1.82, 2.24) is 8.75 Å². The van der Waals surface area contributed by atoms with Crippen LogP contribution < -0.4 is 18.9 Å². The predicted octanol–water partition coefficient (Wildman–Crippen LogP) is 5.47. The van der Waals surface area contributed by atoms with Gasteiger partial charge in [-0.25, -0.2) is 4.79 Å². The Balaban J connectivity index is 1.91. The molecule has 202 valence electrons. The smallest absolute Gasteiger partial charge is 0.336 e. The number of aromatic nitrogens is 2. The van der Waals surface area contributed by atoms with Crippen molar-refractivity contribution in [2.75, 3.05) is 21.3 Å². The Kier molecular flexibility index (Phi) is 8.46. The van der Waals surface area contributed by atoms with Crippen LogP contribution in [0.2, 0.25) is 0 Å². The quantitative estimate of drug-likeness (QED) is 0.192. The molecule has 3 aromatic carbocycles. The molecule has 0 spiro atoms. The van der Waals surface area contributed by atoms with Crippen molar-refractivity contribution < 1.29 is 33.6 Å². The highest BCUT2D eigenvalue weighted by molar-refractivity contribution is 7.00. The van der Waals surface area contributed by atoms with E-state index in [0.717, 1.165) is 11.7 Å². The molecule has 0 amide bonds. The molecule has 0 aliphatic carbocycles. The van der Waals surface area contributed by atoms with Gasteiger partial charge < -0.3 is 24.1 Å². The van der Waals surface area contributed by atoms with Crippen molar-refractivity contribution in [3.05, 3.63) is 76.9 Å². The zero-order valence-corrected chi connectivity index (χ0v) is 23.0. The number of carbonyl (C=O) groups excluding carboxylic acids is 1. The molecule has 0 saturated heterocycles. The Labute approximate surface area is 229 Å². The second kappa shape index (κ2) is 12.0. The Morgan fingerprint density at radius 1 is 0.846 bits per heavy atom. The molecule has 1 heterocycles. The molecule has 0 aliphatic rings. The van der Waals surface area contributed by atoms with E-state index in [9.17, 15) is 14.7 Å². The number of ketones is 1. The van der Waals surface area contributed by atoms with Crippen LogP contribution in [0.3, 0.4) is 0 Å². The Hall–Kier alpha value is -4.44. The van der Waals surface area contributed by atoms with Crippen LogP contribution in [0, 0.1) is 0 Å². The largest absolute Gasteiger partial charge is 0.497 e. The third-order valence-electron chi connectivity index (χ3n) is 5.94. The fourth-order valence-electron chi connectivity index (χ4n) is 4.16. The normalized spacial score (nSPS) is 11.7. The van der Waals surface area contributed by atoms with E-state index in [1.165, 1.54) is 21.3 Å². The number of Topliss-reactive ketones (excluding diaryl/α,β-unsaturated/α-hetero) is 1. The highest BCUT2D eigenvalue weighted by atomic mass is 32.1. The lowest BCUT2D eigenvalue weighted by Crippen LogP contribution is -2.14. The molecule has 0 fully saturated rings. The van der Waals surface area contributed by atoms with Gasteiger partial charge in [-0.15, -0.1) is 0 Å². The Bertz CT molecular complexity index is 1520. The SMILES string of the molecule is COc1ccc(C(=O)/C(Cc2cc(OC)c(OC(C)C)c(OC)c2)=C(/C(=O)O)c2ccc3nsnc3c2)cc1. The molecular weight excluding hydrogens is 520 g/mol. The first-order valence-electron chi connectivity index (χ1n) is 12.0. The van der Waals surface area contributed by atoms with Gasteiger partial charge in [-0.1, -0.05) is 6.07 Å². The predicted molar refractivity (Wildman–Crippen MR) is 148 cm³/mol. The van der Waals surface area contributed by atoms with E-state index in [2.05, 4.69) is 8.75 Å². The maximum atomic E-state index is 13.9. The lowest BCUT2D eigenvalue weighted by molar-refractivity contribution is -0.130. The van der Waals surface area contributed by atoms with Gasteiger partial charge >= 0.3 is 5.97 Å². The minimum atomic E-state index is -1.24. The fourth-order valence-corrected chi connectivity index (χ4v) is 4.67. The number of carboxylic acids is 1. The minimum absolute atomic E-state index is 0.0193. The Morgan fingerprint density at radius 2 is 1.46 bits per heavy atom. The summed E-state index contributed by atoms with van der Waals surface area (Å²) in [6, 6.07) is 14.9. The van der Waals surface area contributed by atoms with Crippen LogP contribution in [0.5, 0.6) is 23.0 Å². The molecule has 4 rings (SSSR count). The average Bonchev–Trinajstić information content (AvgIpc) is 3.40. The molecule has 4 aromatic rings. The average molecular weight is 549 g/mol. The van der Waals surface area contributed by atoms with E-state index in [1.54, 1.807) is 54.6 Å². The van der Waals surface area contributed by atoms with Crippen LogP contribution in [-0.4, -0.2) is 53.0 Å². The van der Waals surface area contributed by atoms with Gasteiger partial charge in [-0.3, -0.25) is 4.79 Å². The summed E-state index contributed by atoms with van der Waals surface area (Å²) in [6.45, 7) is 3.77. The summed E-state index contributed by atoms with van der Waals surface area (Å²) >= 11 is 1.03. The van der Waals surface area contributed by atoms with Gasteiger partial charge in [0.25, 0.3) is 0 Å². The maximum Gasteiger partial charge on any atom is 0.336 e. The number of benzene rings is 3. The van der Waals surface area contributed by atoms with Crippen molar-refractivity contribution >= 4 is 40.1 Å². The van der Waals surface area contributed by atoms with Crippen molar-refractivity contribution in [2.45, 2.75) is 26.4 Å². The topological polar surface area (TPSA) is 117 Å². The van der Waals surface area contributed by atoms with E-state index in [0.29, 0.717) is 50.7 Å². The summed E-state index contributed by atoms with van der Waals surface area (Å²) in [4.78, 5) is 26.7. The number of hydrogen-bond acceptors (Lipinski definition) is 9. The monoisotopic (exact) mass is 548 g/mol. The highest BCUT2D eigenvalue weighted by Gasteiger charge is 2.26. The molecule has 9 nitrogen and oxygen atoms in total. The summed E-state index contributed by atoms with van der Waals surface area (Å²) < 4.78 is 30.7. The number of allylic oxidation sites excluding steroid dienone is 1. The number of aliphatic carboxylic acids is 1. The summed E-state index contributed by atoms with van der Waals surface area (Å²) in [5, 5.41) is 10.4. The second-order valence-electron chi connectivity index (χ2n) is 8.86. The van der Waals surface area contributed by atoms with Crippen LogP contribution >= 0.6 is 11.7 Å². The number of carbonyl (C=O) groups is 2. The first-order chi connectivity index (χ1) is 18.7. The molecule has 39 heavy (non-hydrogen) atoms. The van der Waals surface area contributed by atoms with Gasteiger partial charge in [0.2, 0.25) is 5.75 Å². The lowest BCUT2D eigenvalue weighted by Gasteiger charge is -2.19.